The van der Waals surface area contributed by atoms with Crippen molar-refractivity contribution in [2.75, 3.05) is 0 Å². The molecule has 0 saturated carbocycles. The number of hydrogen-bond acceptors (Lipinski definition) is 2. The molecule has 3 heteroatoms. The highest BCUT2D eigenvalue weighted by Gasteiger charge is 2.29. The maximum atomic E-state index is 11.3. The summed E-state index contributed by atoms with van der Waals surface area (Å²) in [6.45, 7) is 5.41. The molecule has 0 spiro atoms. The third kappa shape index (κ3) is 2.65. The summed E-state index contributed by atoms with van der Waals surface area (Å²) in [7, 11) is 0. The summed E-state index contributed by atoms with van der Waals surface area (Å²) in [4.78, 5) is 15.5. The van der Waals surface area contributed by atoms with Crippen LogP contribution >= 0.6 is 0 Å². The Balaban J connectivity index is 2.48. The van der Waals surface area contributed by atoms with E-state index in [4.69, 9.17) is 0 Å². The van der Waals surface area contributed by atoms with Crippen molar-refractivity contribution in [3.63, 3.8) is 0 Å². The molecule has 1 N–H and O–H groups in total. The van der Waals surface area contributed by atoms with Crippen LogP contribution in [0.2, 0.25) is 0 Å². The maximum Gasteiger partial charge on any atom is 0.313 e. The average Bonchev–Trinajstić information content (AvgIpc) is 2.38. The Bertz CT molecular complexity index is 618. The van der Waals surface area contributed by atoms with Gasteiger partial charge in [0.05, 0.1) is 5.41 Å². The fraction of sp³-hybridized carbons (Fsp3) is 0.250. The smallest absolute Gasteiger partial charge is 0.313 e. The second-order valence-electron chi connectivity index (χ2n) is 5.26. The minimum absolute atomic E-state index is 0.791. The standard InChI is InChI=1S/C16H17NO2/c1-11-7-13(10-17-9-11)12-5-4-6-14(8-12)16(2,3)15(18)19/h4-10H,1-3H3,(H,18,19). The highest BCUT2D eigenvalue weighted by molar-refractivity contribution is 5.81. The van der Waals surface area contributed by atoms with Crippen LogP contribution in [0.1, 0.15) is 25.0 Å². The predicted octanol–water partition coefficient (Wildman–Crippen LogP) is 3.42. The van der Waals surface area contributed by atoms with Crippen LogP contribution < -0.4 is 0 Å². The van der Waals surface area contributed by atoms with Gasteiger partial charge in [-0.3, -0.25) is 9.78 Å². The van der Waals surface area contributed by atoms with Crippen molar-refractivity contribution in [1.82, 2.24) is 4.98 Å². The molecule has 0 aliphatic heterocycles. The SMILES string of the molecule is Cc1cncc(-c2cccc(C(C)(C)C(=O)O)c2)c1. The molecule has 0 aliphatic carbocycles. The summed E-state index contributed by atoms with van der Waals surface area (Å²) in [6, 6.07) is 9.67. The molecule has 98 valence electrons. The first kappa shape index (κ1) is 13.3. The molecule has 0 unspecified atom stereocenters. The zero-order chi connectivity index (χ0) is 14.0. The van der Waals surface area contributed by atoms with Gasteiger partial charge in [0, 0.05) is 18.0 Å². The van der Waals surface area contributed by atoms with Crippen molar-refractivity contribution in [1.29, 1.82) is 0 Å². The molecule has 0 atom stereocenters. The quantitative estimate of drug-likeness (QED) is 0.914. The van der Waals surface area contributed by atoms with Crippen LogP contribution in [0.25, 0.3) is 11.1 Å². The number of aliphatic carboxylic acids is 1. The van der Waals surface area contributed by atoms with E-state index in [1.165, 1.54) is 0 Å². The molecular formula is C16H17NO2. The number of nitrogens with zero attached hydrogens (tertiary/aromatic N) is 1. The second-order valence-corrected chi connectivity index (χ2v) is 5.26. The molecule has 0 radical (unpaired) electrons. The van der Waals surface area contributed by atoms with Crippen molar-refractivity contribution in [3.8, 4) is 11.1 Å². The van der Waals surface area contributed by atoms with Crippen LogP contribution in [0.4, 0.5) is 0 Å². The van der Waals surface area contributed by atoms with Gasteiger partial charge in [0.25, 0.3) is 0 Å². The van der Waals surface area contributed by atoms with E-state index in [2.05, 4.69) is 4.98 Å². The number of carboxylic acid groups (broad SMARTS) is 1. The molecule has 0 fully saturated rings. The molecule has 0 amide bonds. The van der Waals surface area contributed by atoms with Crippen LogP contribution in [-0.2, 0) is 10.2 Å². The summed E-state index contributed by atoms with van der Waals surface area (Å²) in [5, 5.41) is 9.29. The van der Waals surface area contributed by atoms with Gasteiger partial charge in [-0.2, -0.15) is 0 Å². The minimum Gasteiger partial charge on any atom is -0.481 e. The van der Waals surface area contributed by atoms with E-state index >= 15 is 0 Å². The lowest BCUT2D eigenvalue weighted by molar-refractivity contribution is -0.142. The fourth-order valence-electron chi connectivity index (χ4n) is 1.92. The molecule has 0 bridgehead atoms. The average molecular weight is 255 g/mol. The van der Waals surface area contributed by atoms with Crippen LogP contribution in [-0.4, -0.2) is 16.1 Å². The Kier molecular flexibility index (Phi) is 3.38. The first-order chi connectivity index (χ1) is 8.91. The summed E-state index contributed by atoms with van der Waals surface area (Å²) >= 11 is 0. The van der Waals surface area contributed by atoms with Crippen molar-refractivity contribution >= 4 is 5.97 Å². The van der Waals surface area contributed by atoms with Gasteiger partial charge in [-0.1, -0.05) is 18.2 Å². The minimum atomic E-state index is -0.896. The molecular weight excluding hydrogens is 238 g/mol. The van der Waals surface area contributed by atoms with Crippen molar-refractivity contribution in [2.45, 2.75) is 26.2 Å². The van der Waals surface area contributed by atoms with Crippen molar-refractivity contribution in [3.05, 3.63) is 53.9 Å². The number of rotatable bonds is 3. The van der Waals surface area contributed by atoms with Gasteiger partial charge in [0.1, 0.15) is 0 Å². The number of carbonyl (C=O) groups is 1. The van der Waals surface area contributed by atoms with Crippen LogP contribution in [0, 0.1) is 6.92 Å². The summed E-state index contributed by atoms with van der Waals surface area (Å²) in [5.74, 6) is -0.827. The fourth-order valence-corrected chi connectivity index (χ4v) is 1.92. The number of benzene rings is 1. The third-order valence-electron chi connectivity index (χ3n) is 3.33. The third-order valence-corrected chi connectivity index (χ3v) is 3.33. The Hall–Kier alpha value is -2.16. The van der Waals surface area contributed by atoms with Crippen LogP contribution in [0.15, 0.2) is 42.7 Å². The van der Waals surface area contributed by atoms with Gasteiger partial charge in [-0.25, -0.2) is 0 Å². The topological polar surface area (TPSA) is 50.2 Å². The Morgan fingerprint density at radius 3 is 2.53 bits per heavy atom. The van der Waals surface area contributed by atoms with Gasteiger partial charge >= 0.3 is 5.97 Å². The first-order valence-electron chi connectivity index (χ1n) is 6.17. The molecule has 0 aliphatic rings. The Labute approximate surface area is 112 Å². The maximum absolute atomic E-state index is 11.3. The largest absolute Gasteiger partial charge is 0.481 e. The van der Waals surface area contributed by atoms with Gasteiger partial charge in [0.15, 0.2) is 0 Å². The van der Waals surface area contributed by atoms with Crippen molar-refractivity contribution in [2.24, 2.45) is 0 Å². The summed E-state index contributed by atoms with van der Waals surface area (Å²) < 4.78 is 0. The molecule has 1 heterocycles. The van der Waals surface area contributed by atoms with E-state index in [9.17, 15) is 9.90 Å². The molecule has 1 aromatic heterocycles. The van der Waals surface area contributed by atoms with Gasteiger partial charge in [0.2, 0.25) is 0 Å². The number of aromatic nitrogens is 1. The van der Waals surface area contributed by atoms with E-state index in [1.807, 2.05) is 37.3 Å². The van der Waals surface area contributed by atoms with Crippen LogP contribution in [0.3, 0.4) is 0 Å². The zero-order valence-corrected chi connectivity index (χ0v) is 11.3. The van der Waals surface area contributed by atoms with Crippen LogP contribution in [0.5, 0.6) is 0 Å². The Morgan fingerprint density at radius 1 is 1.16 bits per heavy atom. The monoisotopic (exact) mass is 255 g/mol. The van der Waals surface area contributed by atoms with E-state index in [0.29, 0.717) is 0 Å². The lowest BCUT2D eigenvalue weighted by atomic mass is 9.83. The van der Waals surface area contributed by atoms with Crippen molar-refractivity contribution < 1.29 is 9.90 Å². The zero-order valence-electron chi connectivity index (χ0n) is 11.3. The highest BCUT2D eigenvalue weighted by atomic mass is 16.4. The van der Waals surface area contributed by atoms with Gasteiger partial charge in [-0.05, 0) is 49.6 Å². The molecule has 0 saturated heterocycles. The Morgan fingerprint density at radius 2 is 1.89 bits per heavy atom. The second kappa shape index (κ2) is 4.84. The van der Waals surface area contributed by atoms with Gasteiger partial charge < -0.3 is 5.11 Å². The summed E-state index contributed by atoms with van der Waals surface area (Å²) in [6.07, 6.45) is 3.59. The highest BCUT2D eigenvalue weighted by Crippen LogP contribution is 2.28. The van der Waals surface area contributed by atoms with E-state index < -0.39 is 11.4 Å². The van der Waals surface area contributed by atoms with E-state index in [-0.39, 0.29) is 0 Å². The lowest BCUT2D eigenvalue weighted by Gasteiger charge is -2.20. The number of aryl methyl sites for hydroxylation is 1. The molecule has 3 nitrogen and oxygen atoms in total. The molecule has 19 heavy (non-hydrogen) atoms. The normalized spacial score (nSPS) is 11.3. The molecule has 2 rings (SSSR count). The molecule has 2 aromatic rings. The molecule has 1 aromatic carbocycles. The summed E-state index contributed by atoms with van der Waals surface area (Å²) in [5.41, 5.74) is 2.97. The lowest BCUT2D eigenvalue weighted by Crippen LogP contribution is -2.28. The number of hydrogen-bond donors (Lipinski definition) is 1. The predicted molar refractivity (Wildman–Crippen MR) is 75.1 cm³/mol. The number of carboxylic acids is 1. The first-order valence-corrected chi connectivity index (χ1v) is 6.17. The van der Waals surface area contributed by atoms with E-state index in [1.54, 1.807) is 26.2 Å². The van der Waals surface area contributed by atoms with Gasteiger partial charge in [-0.15, -0.1) is 0 Å². The number of pyridine rings is 1. The van der Waals surface area contributed by atoms with E-state index in [0.717, 1.165) is 22.3 Å².